The van der Waals surface area contributed by atoms with Crippen LogP contribution < -0.4 is 11.1 Å². The number of carbonyl (C=O) groups is 1. The lowest BCUT2D eigenvalue weighted by atomic mass is 10.0. The number of thioether (sulfide) groups is 1. The summed E-state index contributed by atoms with van der Waals surface area (Å²) >= 11 is 1.71. The number of hydrogen-bond acceptors (Lipinski definition) is 3. The Hall–Kier alpha value is -1.00. The molecule has 0 aliphatic heterocycles. The molecule has 4 heteroatoms. The molecular weight excluding hydrogens is 232 g/mol. The second kappa shape index (κ2) is 5.56. The molecule has 3 N–H and O–H groups in total. The summed E-state index contributed by atoms with van der Waals surface area (Å²) in [6.07, 6.45) is 2.05. The van der Waals surface area contributed by atoms with Crippen molar-refractivity contribution in [3.63, 3.8) is 0 Å². The van der Waals surface area contributed by atoms with E-state index in [-0.39, 0.29) is 11.9 Å². The highest BCUT2D eigenvalue weighted by molar-refractivity contribution is 7.98. The van der Waals surface area contributed by atoms with Gasteiger partial charge in [0.25, 0.3) is 0 Å². The van der Waals surface area contributed by atoms with E-state index in [1.807, 2.05) is 13.2 Å². The summed E-state index contributed by atoms with van der Waals surface area (Å²) in [7, 11) is 0. The van der Waals surface area contributed by atoms with Crippen molar-refractivity contribution < 1.29 is 4.79 Å². The maximum Gasteiger partial charge on any atom is 0.237 e. The Balaban J connectivity index is 2.76. The molecule has 1 aromatic carbocycles. The molecule has 1 rings (SSSR count). The first kappa shape index (κ1) is 14.1. The highest BCUT2D eigenvalue weighted by Gasteiger charge is 2.26. The first-order valence-electron chi connectivity index (χ1n) is 5.58. The van der Waals surface area contributed by atoms with Gasteiger partial charge < -0.3 is 5.73 Å². The largest absolute Gasteiger partial charge is 0.368 e. The van der Waals surface area contributed by atoms with Crippen molar-refractivity contribution >= 4 is 17.7 Å². The Labute approximate surface area is 107 Å². The molecule has 3 nitrogen and oxygen atoms in total. The zero-order valence-corrected chi connectivity index (χ0v) is 11.6. The van der Waals surface area contributed by atoms with E-state index in [0.717, 1.165) is 5.56 Å². The number of amides is 1. The normalized spacial score (nSPS) is 13.4. The van der Waals surface area contributed by atoms with E-state index in [1.165, 1.54) is 4.90 Å². The van der Waals surface area contributed by atoms with Gasteiger partial charge in [-0.3, -0.25) is 10.1 Å². The summed E-state index contributed by atoms with van der Waals surface area (Å²) in [6.45, 7) is 5.61. The fourth-order valence-corrected chi connectivity index (χ4v) is 2.00. The standard InChI is InChI=1S/C13H20N2OS/c1-9(15-13(2,3)12(14)16)10-5-7-11(17-4)8-6-10/h5-9,15H,1-4H3,(H2,14,16). The molecule has 0 radical (unpaired) electrons. The van der Waals surface area contributed by atoms with Gasteiger partial charge in [-0.05, 0) is 44.7 Å². The smallest absolute Gasteiger partial charge is 0.237 e. The molecule has 0 fully saturated rings. The lowest BCUT2D eigenvalue weighted by Gasteiger charge is -2.27. The van der Waals surface area contributed by atoms with E-state index in [1.54, 1.807) is 25.6 Å². The number of nitrogens with two attached hydrogens (primary N) is 1. The first-order valence-corrected chi connectivity index (χ1v) is 6.81. The summed E-state index contributed by atoms with van der Waals surface area (Å²) in [5.74, 6) is -0.343. The molecule has 0 aromatic heterocycles. The summed E-state index contributed by atoms with van der Waals surface area (Å²) in [5, 5.41) is 3.23. The van der Waals surface area contributed by atoms with Gasteiger partial charge in [0.2, 0.25) is 5.91 Å². The Morgan fingerprint density at radius 2 is 1.88 bits per heavy atom. The minimum Gasteiger partial charge on any atom is -0.368 e. The predicted octanol–water partition coefficient (Wildman–Crippen LogP) is 2.32. The fraction of sp³-hybridized carbons (Fsp3) is 0.462. The number of hydrogen-bond donors (Lipinski definition) is 2. The zero-order valence-electron chi connectivity index (χ0n) is 10.8. The predicted molar refractivity (Wildman–Crippen MR) is 73.0 cm³/mol. The van der Waals surface area contributed by atoms with Crippen LogP contribution in [0, 0.1) is 0 Å². The fourth-order valence-electron chi connectivity index (χ4n) is 1.59. The van der Waals surface area contributed by atoms with Crippen LogP contribution in [0.1, 0.15) is 32.4 Å². The molecule has 0 spiro atoms. The van der Waals surface area contributed by atoms with Gasteiger partial charge in [0.1, 0.15) is 0 Å². The van der Waals surface area contributed by atoms with Crippen LogP contribution >= 0.6 is 11.8 Å². The molecule has 1 atom stereocenters. The van der Waals surface area contributed by atoms with Crippen LogP contribution in [0.25, 0.3) is 0 Å². The molecule has 1 aromatic rings. The lowest BCUT2D eigenvalue weighted by Crippen LogP contribution is -2.51. The van der Waals surface area contributed by atoms with Crippen LogP contribution in [0.2, 0.25) is 0 Å². The Bertz CT molecular complexity index is 387. The maximum atomic E-state index is 11.2. The summed E-state index contributed by atoms with van der Waals surface area (Å²) < 4.78 is 0. The first-order chi connectivity index (χ1) is 7.86. The number of benzene rings is 1. The minimum atomic E-state index is -0.697. The second-order valence-electron chi connectivity index (χ2n) is 4.63. The Morgan fingerprint density at radius 1 is 1.35 bits per heavy atom. The van der Waals surface area contributed by atoms with Gasteiger partial charge in [0.05, 0.1) is 5.54 Å². The molecule has 1 unspecified atom stereocenters. The van der Waals surface area contributed by atoms with E-state index < -0.39 is 5.54 Å². The molecule has 17 heavy (non-hydrogen) atoms. The monoisotopic (exact) mass is 252 g/mol. The van der Waals surface area contributed by atoms with Crippen molar-refractivity contribution in [2.24, 2.45) is 5.73 Å². The summed E-state index contributed by atoms with van der Waals surface area (Å²) in [4.78, 5) is 12.5. The Kier molecular flexibility index (Phi) is 4.60. The molecule has 0 aliphatic rings. The Morgan fingerprint density at radius 3 is 2.29 bits per heavy atom. The van der Waals surface area contributed by atoms with Gasteiger partial charge in [-0.1, -0.05) is 12.1 Å². The van der Waals surface area contributed by atoms with Gasteiger partial charge in [0, 0.05) is 10.9 Å². The molecular formula is C13H20N2OS. The van der Waals surface area contributed by atoms with Gasteiger partial charge >= 0.3 is 0 Å². The summed E-state index contributed by atoms with van der Waals surface area (Å²) in [6, 6.07) is 8.39. The number of rotatable bonds is 5. The lowest BCUT2D eigenvalue weighted by molar-refractivity contribution is -0.123. The third-order valence-corrected chi connectivity index (χ3v) is 3.55. The molecule has 1 amide bonds. The van der Waals surface area contributed by atoms with Gasteiger partial charge in [-0.15, -0.1) is 11.8 Å². The highest BCUT2D eigenvalue weighted by Crippen LogP contribution is 2.20. The van der Waals surface area contributed by atoms with Crippen LogP contribution in [0.4, 0.5) is 0 Å². The van der Waals surface area contributed by atoms with Gasteiger partial charge in [0.15, 0.2) is 0 Å². The van der Waals surface area contributed by atoms with Crippen LogP contribution in [0.15, 0.2) is 29.2 Å². The molecule has 0 saturated heterocycles. The van der Waals surface area contributed by atoms with Crippen LogP contribution in [0.5, 0.6) is 0 Å². The SMILES string of the molecule is CSc1ccc(C(C)NC(C)(C)C(N)=O)cc1. The van der Waals surface area contributed by atoms with E-state index in [4.69, 9.17) is 5.73 Å². The molecule has 0 aliphatic carbocycles. The number of nitrogens with one attached hydrogen (secondary N) is 1. The quantitative estimate of drug-likeness (QED) is 0.791. The van der Waals surface area contributed by atoms with Crippen LogP contribution in [-0.2, 0) is 4.79 Å². The number of primary amides is 1. The van der Waals surface area contributed by atoms with Crippen molar-refractivity contribution in [1.29, 1.82) is 0 Å². The van der Waals surface area contributed by atoms with Crippen molar-refractivity contribution in [3.05, 3.63) is 29.8 Å². The average molecular weight is 252 g/mol. The van der Waals surface area contributed by atoms with E-state index in [0.29, 0.717) is 0 Å². The van der Waals surface area contributed by atoms with Crippen molar-refractivity contribution in [2.45, 2.75) is 37.2 Å². The van der Waals surface area contributed by atoms with Crippen molar-refractivity contribution in [1.82, 2.24) is 5.32 Å². The molecule has 0 heterocycles. The maximum absolute atomic E-state index is 11.2. The van der Waals surface area contributed by atoms with Crippen LogP contribution in [-0.4, -0.2) is 17.7 Å². The third kappa shape index (κ3) is 3.75. The minimum absolute atomic E-state index is 0.0911. The van der Waals surface area contributed by atoms with Gasteiger partial charge in [-0.2, -0.15) is 0 Å². The zero-order chi connectivity index (χ0) is 13.1. The van der Waals surface area contributed by atoms with Crippen LogP contribution in [0.3, 0.4) is 0 Å². The second-order valence-corrected chi connectivity index (χ2v) is 5.51. The van der Waals surface area contributed by atoms with E-state index in [2.05, 4.69) is 29.6 Å². The average Bonchev–Trinajstić information content (AvgIpc) is 2.28. The third-order valence-electron chi connectivity index (χ3n) is 2.81. The van der Waals surface area contributed by atoms with Gasteiger partial charge in [-0.25, -0.2) is 0 Å². The van der Waals surface area contributed by atoms with E-state index >= 15 is 0 Å². The molecule has 0 bridgehead atoms. The molecule has 94 valence electrons. The molecule has 0 saturated carbocycles. The van der Waals surface area contributed by atoms with Crippen molar-refractivity contribution in [2.75, 3.05) is 6.26 Å². The summed E-state index contributed by atoms with van der Waals surface area (Å²) in [5.41, 5.74) is 5.79. The number of carbonyl (C=O) groups excluding carboxylic acids is 1. The van der Waals surface area contributed by atoms with E-state index in [9.17, 15) is 4.79 Å². The van der Waals surface area contributed by atoms with Crippen molar-refractivity contribution in [3.8, 4) is 0 Å². The highest BCUT2D eigenvalue weighted by atomic mass is 32.2. The topological polar surface area (TPSA) is 55.1 Å².